The highest BCUT2D eigenvalue weighted by atomic mass is 16.6. The number of hydrogen-bond donors (Lipinski definition) is 2. The highest BCUT2D eigenvalue weighted by molar-refractivity contribution is 6.23. The van der Waals surface area contributed by atoms with Crippen LogP contribution in [0.15, 0.2) is 30.0 Å². The molecule has 0 saturated carbocycles. The van der Waals surface area contributed by atoms with E-state index in [0.717, 1.165) is 23.9 Å². The van der Waals surface area contributed by atoms with Gasteiger partial charge in [0.25, 0.3) is 0 Å². The first-order valence-corrected chi connectivity index (χ1v) is 10.2. The average Bonchev–Trinajstić information content (AvgIpc) is 3.24. The number of likely N-dealkylation sites (tertiary alicyclic amines) is 1. The fourth-order valence-corrected chi connectivity index (χ4v) is 4.31. The zero-order valence-electron chi connectivity index (χ0n) is 16.9. The molecule has 0 radical (unpaired) electrons. The Morgan fingerprint density at radius 1 is 1.28 bits per heavy atom. The third-order valence-electron chi connectivity index (χ3n) is 5.76. The molecule has 0 spiro atoms. The zero-order valence-corrected chi connectivity index (χ0v) is 16.9. The summed E-state index contributed by atoms with van der Waals surface area (Å²) in [6.07, 6.45) is 1.21. The van der Waals surface area contributed by atoms with Crippen molar-refractivity contribution >= 4 is 28.5 Å². The van der Waals surface area contributed by atoms with E-state index in [4.69, 9.17) is 15.1 Å². The van der Waals surface area contributed by atoms with Gasteiger partial charge in [-0.3, -0.25) is 5.41 Å². The number of nitrogens with one attached hydrogen (secondary N) is 1. The maximum absolute atomic E-state index is 11.9. The summed E-state index contributed by atoms with van der Waals surface area (Å²) in [4.78, 5) is 20.3. The lowest BCUT2D eigenvalue weighted by Gasteiger charge is -2.37. The molecule has 2 N–H and O–H groups in total. The molecule has 1 fully saturated rings. The third-order valence-corrected chi connectivity index (χ3v) is 5.76. The Hall–Kier alpha value is -3.03. The molecule has 0 unspecified atom stereocenters. The molecule has 1 amide bonds. The van der Waals surface area contributed by atoms with Crippen molar-refractivity contribution in [3.8, 4) is 0 Å². The predicted molar refractivity (Wildman–Crippen MR) is 111 cm³/mol. The Labute approximate surface area is 169 Å². The molecule has 8 heteroatoms. The number of rotatable bonds is 4. The molecule has 4 rings (SSSR count). The summed E-state index contributed by atoms with van der Waals surface area (Å²) >= 11 is 0. The van der Waals surface area contributed by atoms with Crippen molar-refractivity contribution in [2.75, 3.05) is 26.2 Å². The summed E-state index contributed by atoms with van der Waals surface area (Å²) in [5.74, 6) is 1.14. The molecule has 2 aliphatic heterocycles. The van der Waals surface area contributed by atoms with Gasteiger partial charge < -0.3 is 24.2 Å². The molecular formula is C21H27N5O3. The van der Waals surface area contributed by atoms with Gasteiger partial charge in [-0.05, 0) is 38.8 Å². The minimum Gasteiger partial charge on any atom is -0.510 e. The number of para-hydroxylation sites is 2. The Morgan fingerprint density at radius 3 is 2.69 bits per heavy atom. The molecule has 1 saturated heterocycles. The van der Waals surface area contributed by atoms with E-state index < -0.39 is 0 Å². The van der Waals surface area contributed by atoms with Crippen LogP contribution in [-0.2, 0) is 11.3 Å². The van der Waals surface area contributed by atoms with Gasteiger partial charge >= 0.3 is 6.09 Å². The molecule has 29 heavy (non-hydrogen) atoms. The maximum Gasteiger partial charge on any atom is 0.409 e. The SMILES string of the molecule is CCOC(=O)N1CCC(N2CC(O)=C(c3nc4ccccc4n3CC)C2=N)CC1. The van der Waals surface area contributed by atoms with E-state index in [1.54, 1.807) is 11.8 Å². The average molecular weight is 397 g/mol. The summed E-state index contributed by atoms with van der Waals surface area (Å²) in [6, 6.07) is 7.97. The van der Waals surface area contributed by atoms with Crippen molar-refractivity contribution in [2.24, 2.45) is 0 Å². The lowest BCUT2D eigenvalue weighted by Crippen LogP contribution is -2.47. The van der Waals surface area contributed by atoms with Gasteiger partial charge in [-0.15, -0.1) is 0 Å². The van der Waals surface area contributed by atoms with Crippen molar-refractivity contribution in [3.63, 3.8) is 0 Å². The molecular weight excluding hydrogens is 370 g/mol. The third kappa shape index (κ3) is 3.32. The normalized spacial score (nSPS) is 18.2. The Bertz CT molecular complexity index is 972. The lowest BCUT2D eigenvalue weighted by molar-refractivity contribution is 0.0876. The minimum atomic E-state index is -0.277. The van der Waals surface area contributed by atoms with E-state index >= 15 is 0 Å². The van der Waals surface area contributed by atoms with E-state index in [1.165, 1.54) is 0 Å². The monoisotopic (exact) mass is 397 g/mol. The Kier molecular flexibility index (Phi) is 5.17. The van der Waals surface area contributed by atoms with E-state index in [2.05, 4.69) is 0 Å². The first-order chi connectivity index (χ1) is 14.0. The van der Waals surface area contributed by atoms with Gasteiger partial charge in [0.05, 0.1) is 29.8 Å². The van der Waals surface area contributed by atoms with E-state index in [0.29, 0.717) is 50.0 Å². The van der Waals surface area contributed by atoms with Crippen LogP contribution in [-0.4, -0.2) is 68.7 Å². The molecule has 154 valence electrons. The van der Waals surface area contributed by atoms with Gasteiger partial charge in [0.1, 0.15) is 17.4 Å². The van der Waals surface area contributed by atoms with Crippen LogP contribution < -0.4 is 0 Å². The van der Waals surface area contributed by atoms with Gasteiger partial charge in [0, 0.05) is 25.7 Å². The van der Waals surface area contributed by atoms with Crippen LogP contribution in [0.5, 0.6) is 0 Å². The molecule has 1 aromatic carbocycles. The van der Waals surface area contributed by atoms with Gasteiger partial charge in [-0.2, -0.15) is 0 Å². The molecule has 2 aromatic rings. The smallest absolute Gasteiger partial charge is 0.409 e. The summed E-state index contributed by atoms with van der Waals surface area (Å²) in [6.45, 7) is 6.41. The summed E-state index contributed by atoms with van der Waals surface area (Å²) < 4.78 is 7.13. The first-order valence-electron chi connectivity index (χ1n) is 10.2. The number of nitrogens with zero attached hydrogens (tertiary/aromatic N) is 4. The molecule has 0 bridgehead atoms. The highest BCUT2D eigenvalue weighted by Crippen LogP contribution is 2.32. The number of fused-ring (bicyclic) bond motifs is 1. The van der Waals surface area contributed by atoms with Gasteiger partial charge in [-0.1, -0.05) is 12.1 Å². The standard InChI is InChI=1S/C21H27N5O3/c1-3-25-16-8-6-5-7-15(16)23-20(25)18-17(27)13-26(19(18)22)14-9-11-24(12-10-14)21(28)29-4-2/h5-8,14,22,27H,3-4,9-13H2,1-2H3. The summed E-state index contributed by atoms with van der Waals surface area (Å²) in [7, 11) is 0. The number of amides is 1. The summed E-state index contributed by atoms with van der Waals surface area (Å²) in [5.41, 5.74) is 2.37. The van der Waals surface area contributed by atoms with Crippen LogP contribution in [0.25, 0.3) is 16.6 Å². The number of hydrogen-bond acceptors (Lipinski definition) is 5. The number of piperidine rings is 1. The van der Waals surface area contributed by atoms with Crippen LogP contribution in [0.4, 0.5) is 4.79 Å². The fourth-order valence-electron chi connectivity index (χ4n) is 4.31. The van der Waals surface area contributed by atoms with Crippen LogP contribution >= 0.6 is 0 Å². The molecule has 3 heterocycles. The maximum atomic E-state index is 11.9. The number of aryl methyl sites for hydroxylation is 1. The van der Waals surface area contributed by atoms with Crippen LogP contribution in [0.3, 0.4) is 0 Å². The number of imidazole rings is 1. The second kappa shape index (κ2) is 7.77. The number of aliphatic hydroxyl groups is 1. The minimum absolute atomic E-state index is 0.104. The van der Waals surface area contributed by atoms with Crippen LogP contribution in [0, 0.1) is 5.41 Å². The van der Waals surface area contributed by atoms with E-state index in [1.807, 2.05) is 40.7 Å². The number of aromatic nitrogens is 2. The highest BCUT2D eigenvalue weighted by Gasteiger charge is 2.37. The predicted octanol–water partition coefficient (Wildman–Crippen LogP) is 3.24. The number of benzene rings is 1. The molecule has 8 nitrogen and oxygen atoms in total. The second-order valence-corrected chi connectivity index (χ2v) is 7.38. The van der Waals surface area contributed by atoms with Crippen molar-refractivity contribution in [1.82, 2.24) is 19.4 Å². The quantitative estimate of drug-likeness (QED) is 0.826. The number of aliphatic hydroxyl groups excluding tert-OH is 1. The zero-order chi connectivity index (χ0) is 20.5. The van der Waals surface area contributed by atoms with Crippen LogP contribution in [0.1, 0.15) is 32.5 Å². The second-order valence-electron chi connectivity index (χ2n) is 7.38. The topological polar surface area (TPSA) is 94.7 Å². The van der Waals surface area contributed by atoms with E-state index in [-0.39, 0.29) is 17.9 Å². The molecule has 1 aromatic heterocycles. The largest absolute Gasteiger partial charge is 0.510 e. The van der Waals surface area contributed by atoms with Crippen molar-refractivity contribution in [2.45, 2.75) is 39.3 Å². The fraction of sp³-hybridized carbons (Fsp3) is 0.476. The van der Waals surface area contributed by atoms with Gasteiger partial charge in [-0.25, -0.2) is 9.78 Å². The Balaban J connectivity index is 1.54. The number of carbonyl (C=O) groups excluding carboxylic acids is 1. The lowest BCUT2D eigenvalue weighted by atomic mass is 10.0. The number of amidine groups is 1. The van der Waals surface area contributed by atoms with Crippen molar-refractivity contribution in [3.05, 3.63) is 35.8 Å². The van der Waals surface area contributed by atoms with Crippen molar-refractivity contribution in [1.29, 1.82) is 5.41 Å². The molecule has 0 atom stereocenters. The van der Waals surface area contributed by atoms with Crippen molar-refractivity contribution < 1.29 is 14.6 Å². The Morgan fingerprint density at radius 2 is 2.00 bits per heavy atom. The molecule has 0 aliphatic carbocycles. The summed E-state index contributed by atoms with van der Waals surface area (Å²) in [5, 5.41) is 19.5. The van der Waals surface area contributed by atoms with Gasteiger partial charge in [0.15, 0.2) is 0 Å². The van der Waals surface area contributed by atoms with E-state index in [9.17, 15) is 9.90 Å². The van der Waals surface area contributed by atoms with Gasteiger partial charge in [0.2, 0.25) is 0 Å². The first kappa shape index (κ1) is 19.3. The number of ether oxygens (including phenoxy) is 1. The van der Waals surface area contributed by atoms with Crippen LogP contribution in [0.2, 0.25) is 0 Å². The molecule has 2 aliphatic rings. The number of carbonyl (C=O) groups is 1.